The van der Waals surface area contributed by atoms with Gasteiger partial charge >= 0.3 is 0 Å². The Labute approximate surface area is 206 Å². The van der Waals surface area contributed by atoms with Gasteiger partial charge in [0.05, 0.1) is 23.3 Å². The van der Waals surface area contributed by atoms with Crippen LogP contribution in [-0.4, -0.2) is 39.1 Å². The third-order valence-electron chi connectivity index (χ3n) is 5.30. The number of aromatic nitrogens is 3. The first-order valence-corrected chi connectivity index (χ1v) is 13.0. The highest BCUT2D eigenvalue weighted by Gasteiger charge is 2.22. The molecule has 0 bridgehead atoms. The van der Waals surface area contributed by atoms with Gasteiger partial charge in [-0.2, -0.15) is 0 Å². The van der Waals surface area contributed by atoms with Crippen molar-refractivity contribution in [3.05, 3.63) is 72.1 Å². The van der Waals surface area contributed by atoms with E-state index in [9.17, 15) is 4.79 Å². The van der Waals surface area contributed by atoms with Crippen LogP contribution in [0.2, 0.25) is 0 Å². The molecule has 7 nitrogen and oxygen atoms in total. The Morgan fingerprint density at radius 2 is 2.00 bits per heavy atom. The van der Waals surface area contributed by atoms with Crippen molar-refractivity contribution >= 4 is 34.7 Å². The molecule has 1 aliphatic rings. The standard InChI is InChI=1S/C25H24N4O3S2/c30-23(26-18-7-4-10-20(15-18)32-19-8-2-1-3-9-19)17-34-25-28-27-24(22-12-6-14-33-22)29(25)16-21-11-5-13-31-21/h1-4,6-10,12,14-15,21H,5,11,13,16-17H2,(H,26,30)/t21-/m1/s1. The van der Waals surface area contributed by atoms with Gasteiger partial charge in [-0.1, -0.05) is 42.1 Å². The second-order valence-electron chi connectivity index (χ2n) is 7.81. The number of benzene rings is 2. The number of amides is 1. The fraction of sp³-hybridized carbons (Fsp3) is 0.240. The zero-order valence-electron chi connectivity index (χ0n) is 18.4. The largest absolute Gasteiger partial charge is 0.457 e. The number of rotatable bonds is 9. The van der Waals surface area contributed by atoms with Crippen molar-refractivity contribution in [3.8, 4) is 22.2 Å². The van der Waals surface area contributed by atoms with Crippen LogP contribution in [0.1, 0.15) is 12.8 Å². The fourth-order valence-electron chi connectivity index (χ4n) is 3.73. The van der Waals surface area contributed by atoms with E-state index in [1.165, 1.54) is 11.8 Å². The zero-order chi connectivity index (χ0) is 23.2. The summed E-state index contributed by atoms with van der Waals surface area (Å²) in [5.41, 5.74) is 0.680. The van der Waals surface area contributed by atoms with Crippen molar-refractivity contribution in [1.29, 1.82) is 0 Å². The molecular formula is C25H24N4O3S2. The van der Waals surface area contributed by atoms with Gasteiger partial charge in [0.2, 0.25) is 5.91 Å². The van der Waals surface area contributed by atoms with Crippen LogP contribution in [0.4, 0.5) is 5.69 Å². The van der Waals surface area contributed by atoms with Gasteiger partial charge in [-0.3, -0.25) is 9.36 Å². The number of nitrogens with zero attached hydrogens (tertiary/aromatic N) is 3. The predicted molar refractivity (Wildman–Crippen MR) is 135 cm³/mol. The number of carbonyl (C=O) groups excluding carboxylic acids is 1. The lowest BCUT2D eigenvalue weighted by Gasteiger charge is -2.14. The molecule has 0 aliphatic carbocycles. The Morgan fingerprint density at radius 3 is 2.79 bits per heavy atom. The summed E-state index contributed by atoms with van der Waals surface area (Å²) in [5, 5.41) is 14.5. The molecule has 0 unspecified atom stereocenters. The van der Waals surface area contributed by atoms with Crippen LogP contribution < -0.4 is 10.1 Å². The number of carbonyl (C=O) groups is 1. The summed E-state index contributed by atoms with van der Waals surface area (Å²) in [5.74, 6) is 2.32. The van der Waals surface area contributed by atoms with Gasteiger partial charge in [0, 0.05) is 18.4 Å². The van der Waals surface area contributed by atoms with Gasteiger partial charge in [-0.05, 0) is 48.6 Å². The Balaban J connectivity index is 1.23. The lowest BCUT2D eigenvalue weighted by Crippen LogP contribution is -2.18. The molecule has 1 amide bonds. The number of ether oxygens (including phenoxy) is 2. The number of anilines is 1. The Morgan fingerprint density at radius 1 is 1.12 bits per heavy atom. The molecule has 1 N–H and O–H groups in total. The molecule has 4 aromatic rings. The summed E-state index contributed by atoms with van der Waals surface area (Å²) in [4.78, 5) is 13.7. The summed E-state index contributed by atoms with van der Waals surface area (Å²) >= 11 is 3.00. The Kier molecular flexibility index (Phi) is 7.23. The molecule has 0 radical (unpaired) electrons. The van der Waals surface area contributed by atoms with Crippen molar-refractivity contribution in [2.45, 2.75) is 30.6 Å². The first kappa shape index (κ1) is 22.6. The third kappa shape index (κ3) is 5.67. The van der Waals surface area contributed by atoms with E-state index < -0.39 is 0 Å². The minimum absolute atomic E-state index is 0.119. The second-order valence-corrected chi connectivity index (χ2v) is 9.70. The maximum absolute atomic E-state index is 12.7. The molecule has 9 heteroatoms. The van der Waals surface area contributed by atoms with Crippen LogP contribution in [0.3, 0.4) is 0 Å². The molecule has 174 valence electrons. The lowest BCUT2D eigenvalue weighted by atomic mass is 10.2. The van der Waals surface area contributed by atoms with Gasteiger partial charge in [-0.15, -0.1) is 21.5 Å². The van der Waals surface area contributed by atoms with Crippen LogP contribution in [0.25, 0.3) is 10.7 Å². The molecule has 5 rings (SSSR count). The highest BCUT2D eigenvalue weighted by Crippen LogP contribution is 2.29. The van der Waals surface area contributed by atoms with E-state index in [-0.39, 0.29) is 17.8 Å². The van der Waals surface area contributed by atoms with Crippen molar-refractivity contribution in [3.63, 3.8) is 0 Å². The molecule has 34 heavy (non-hydrogen) atoms. The number of hydrogen-bond acceptors (Lipinski definition) is 7. The average molecular weight is 493 g/mol. The van der Waals surface area contributed by atoms with Crippen LogP contribution >= 0.6 is 23.1 Å². The molecule has 2 aromatic heterocycles. The first-order chi connectivity index (χ1) is 16.7. The molecule has 0 saturated carbocycles. The van der Waals surface area contributed by atoms with Crippen molar-refractivity contribution in [2.75, 3.05) is 17.7 Å². The van der Waals surface area contributed by atoms with Crippen molar-refractivity contribution < 1.29 is 14.3 Å². The fourth-order valence-corrected chi connectivity index (χ4v) is 5.19. The Hall–Kier alpha value is -3.14. The van der Waals surface area contributed by atoms with E-state index in [4.69, 9.17) is 9.47 Å². The van der Waals surface area contributed by atoms with E-state index in [0.717, 1.165) is 41.1 Å². The van der Waals surface area contributed by atoms with Gasteiger partial charge in [-0.25, -0.2) is 0 Å². The second kappa shape index (κ2) is 10.9. The molecule has 1 aliphatic heterocycles. The lowest BCUT2D eigenvalue weighted by molar-refractivity contribution is -0.113. The number of para-hydroxylation sites is 1. The van der Waals surface area contributed by atoms with Gasteiger partial charge in [0.25, 0.3) is 0 Å². The first-order valence-electron chi connectivity index (χ1n) is 11.1. The van der Waals surface area contributed by atoms with Crippen molar-refractivity contribution in [2.24, 2.45) is 0 Å². The molecule has 1 fully saturated rings. The van der Waals surface area contributed by atoms with E-state index >= 15 is 0 Å². The summed E-state index contributed by atoms with van der Waals surface area (Å²) < 4.78 is 13.8. The highest BCUT2D eigenvalue weighted by molar-refractivity contribution is 7.99. The third-order valence-corrected chi connectivity index (χ3v) is 7.13. The van der Waals surface area contributed by atoms with E-state index in [2.05, 4.69) is 20.1 Å². The number of nitrogens with one attached hydrogen (secondary N) is 1. The summed E-state index contributed by atoms with van der Waals surface area (Å²) in [6.07, 6.45) is 2.24. The Bertz CT molecular complexity index is 1220. The highest BCUT2D eigenvalue weighted by atomic mass is 32.2. The molecule has 2 aromatic carbocycles. The van der Waals surface area contributed by atoms with Crippen LogP contribution in [-0.2, 0) is 16.1 Å². The van der Waals surface area contributed by atoms with Crippen LogP contribution in [0, 0.1) is 0 Å². The molecule has 3 heterocycles. The maximum atomic E-state index is 12.7. The monoisotopic (exact) mass is 492 g/mol. The normalized spacial score (nSPS) is 15.4. The number of thiophene rings is 1. The molecule has 1 atom stereocenters. The molecule has 0 spiro atoms. The topological polar surface area (TPSA) is 78.3 Å². The minimum Gasteiger partial charge on any atom is -0.457 e. The van der Waals surface area contributed by atoms with Crippen molar-refractivity contribution in [1.82, 2.24) is 14.8 Å². The predicted octanol–water partition coefficient (Wildman–Crippen LogP) is 5.71. The van der Waals surface area contributed by atoms with Gasteiger partial charge in [0.1, 0.15) is 11.5 Å². The van der Waals surface area contributed by atoms with E-state index in [1.54, 1.807) is 11.3 Å². The summed E-state index contributed by atoms with van der Waals surface area (Å²) in [6.45, 7) is 1.47. The van der Waals surface area contributed by atoms with E-state index in [0.29, 0.717) is 18.0 Å². The average Bonchev–Trinajstić information content (AvgIpc) is 3.62. The van der Waals surface area contributed by atoms with Gasteiger partial charge in [0.15, 0.2) is 11.0 Å². The zero-order valence-corrected chi connectivity index (χ0v) is 20.1. The van der Waals surface area contributed by atoms with Gasteiger partial charge < -0.3 is 14.8 Å². The molecular weight excluding hydrogens is 468 g/mol. The number of hydrogen-bond donors (Lipinski definition) is 1. The van der Waals surface area contributed by atoms with E-state index in [1.807, 2.05) is 72.1 Å². The van der Waals surface area contributed by atoms with Crippen LogP contribution in [0.5, 0.6) is 11.5 Å². The maximum Gasteiger partial charge on any atom is 0.234 e. The van der Waals surface area contributed by atoms with Crippen LogP contribution in [0.15, 0.2) is 77.3 Å². The number of thioether (sulfide) groups is 1. The smallest absolute Gasteiger partial charge is 0.234 e. The summed E-state index contributed by atoms with van der Waals surface area (Å²) in [6, 6.07) is 20.9. The quantitative estimate of drug-likeness (QED) is 0.302. The SMILES string of the molecule is O=C(CSc1nnc(-c2cccs2)n1C[C@H]1CCCO1)Nc1cccc(Oc2ccccc2)c1. The summed E-state index contributed by atoms with van der Waals surface area (Å²) in [7, 11) is 0. The molecule has 1 saturated heterocycles. The minimum atomic E-state index is -0.119.